The lowest BCUT2D eigenvalue weighted by Gasteiger charge is -2.47. The second kappa shape index (κ2) is 7.43. The van der Waals surface area contributed by atoms with Gasteiger partial charge in [-0.1, -0.05) is 13.8 Å². The number of aliphatic hydroxyl groups excluding tert-OH is 1. The number of hydrogen-bond donors (Lipinski definition) is 2. The molecule has 0 bridgehead atoms. The number of piperidine rings is 1. The molecule has 1 aliphatic heterocycles. The highest BCUT2D eigenvalue weighted by atomic mass is 16.5. The Morgan fingerprint density at radius 2 is 2.11 bits per heavy atom. The van der Waals surface area contributed by atoms with E-state index < -0.39 is 0 Å². The van der Waals surface area contributed by atoms with Gasteiger partial charge in [-0.05, 0) is 32.2 Å². The maximum atomic E-state index is 8.73. The first-order valence-electron chi connectivity index (χ1n) is 7.14. The van der Waals surface area contributed by atoms with Crippen LogP contribution in [-0.2, 0) is 4.74 Å². The van der Waals surface area contributed by atoms with Crippen molar-refractivity contribution >= 4 is 0 Å². The number of ether oxygens (including phenoxy) is 1. The van der Waals surface area contributed by atoms with E-state index in [1.54, 1.807) is 0 Å². The fourth-order valence-electron chi connectivity index (χ4n) is 2.88. The van der Waals surface area contributed by atoms with Crippen LogP contribution in [-0.4, -0.2) is 61.5 Å². The molecule has 0 radical (unpaired) electrons. The molecule has 0 aromatic carbocycles. The van der Waals surface area contributed by atoms with E-state index in [0.717, 1.165) is 19.6 Å². The monoisotopic (exact) mass is 258 g/mol. The molecule has 2 N–H and O–H groups in total. The second-order valence-electron chi connectivity index (χ2n) is 6.14. The van der Waals surface area contributed by atoms with Gasteiger partial charge in [-0.15, -0.1) is 0 Å². The maximum Gasteiger partial charge on any atom is 0.0698 e. The van der Waals surface area contributed by atoms with E-state index in [4.69, 9.17) is 9.84 Å². The summed E-state index contributed by atoms with van der Waals surface area (Å²) in [5, 5.41) is 12.2. The molecule has 1 fully saturated rings. The van der Waals surface area contributed by atoms with E-state index in [-0.39, 0.29) is 6.61 Å². The van der Waals surface area contributed by atoms with Crippen LogP contribution in [0.2, 0.25) is 0 Å². The van der Waals surface area contributed by atoms with Crippen molar-refractivity contribution in [3.05, 3.63) is 0 Å². The van der Waals surface area contributed by atoms with Crippen molar-refractivity contribution in [3.63, 3.8) is 0 Å². The van der Waals surface area contributed by atoms with Crippen molar-refractivity contribution in [2.75, 3.05) is 39.5 Å². The molecule has 0 saturated carbocycles. The molecular weight excluding hydrogens is 228 g/mol. The Bertz CT molecular complexity index is 232. The highest BCUT2D eigenvalue weighted by Gasteiger charge is 2.36. The minimum absolute atomic E-state index is 0.112. The number of rotatable bonds is 7. The first kappa shape index (κ1) is 15.9. The summed E-state index contributed by atoms with van der Waals surface area (Å²) in [5.41, 5.74) is 0.305. The molecule has 0 amide bonds. The van der Waals surface area contributed by atoms with Crippen LogP contribution < -0.4 is 5.32 Å². The van der Waals surface area contributed by atoms with Crippen molar-refractivity contribution in [2.24, 2.45) is 5.41 Å². The van der Waals surface area contributed by atoms with Crippen molar-refractivity contribution in [3.8, 4) is 0 Å². The Hall–Kier alpha value is -0.160. The molecule has 1 aliphatic rings. The van der Waals surface area contributed by atoms with Gasteiger partial charge in [0.1, 0.15) is 0 Å². The minimum atomic E-state index is 0.112. The molecule has 0 aromatic rings. The summed E-state index contributed by atoms with van der Waals surface area (Å²) >= 11 is 0. The summed E-state index contributed by atoms with van der Waals surface area (Å²) in [4.78, 5) is 2.55. The van der Waals surface area contributed by atoms with Gasteiger partial charge in [-0.25, -0.2) is 0 Å². The minimum Gasteiger partial charge on any atom is -0.394 e. The lowest BCUT2D eigenvalue weighted by atomic mass is 9.78. The Balaban J connectivity index is 2.54. The van der Waals surface area contributed by atoms with E-state index in [2.05, 4.69) is 37.9 Å². The average Bonchev–Trinajstić information content (AvgIpc) is 2.29. The zero-order chi connectivity index (χ0) is 13.6. The molecule has 0 aromatic heterocycles. The predicted octanol–water partition coefficient (Wildman–Crippen LogP) is 1.09. The SMILES string of the molecule is CC(C)N(CCOCCO)C1CCNCC1(C)C. The topological polar surface area (TPSA) is 44.7 Å². The summed E-state index contributed by atoms with van der Waals surface area (Å²) in [7, 11) is 0. The van der Waals surface area contributed by atoms with Gasteiger partial charge in [0.05, 0.1) is 19.8 Å². The third-order valence-corrected chi connectivity index (χ3v) is 3.87. The lowest BCUT2D eigenvalue weighted by Crippen LogP contribution is -2.57. The molecule has 1 heterocycles. The standard InChI is InChI=1S/C14H30N2O2/c1-12(2)16(7-9-18-10-8-17)13-5-6-15-11-14(13,3)4/h12-13,15,17H,5-11H2,1-4H3. The summed E-state index contributed by atoms with van der Waals surface area (Å²) in [6.45, 7) is 13.6. The Labute approximate surface area is 112 Å². The molecule has 4 heteroatoms. The van der Waals surface area contributed by atoms with E-state index in [0.29, 0.717) is 30.7 Å². The van der Waals surface area contributed by atoms with Crippen molar-refractivity contribution in [1.82, 2.24) is 10.2 Å². The van der Waals surface area contributed by atoms with Crippen LogP contribution in [0.3, 0.4) is 0 Å². The smallest absolute Gasteiger partial charge is 0.0698 e. The Morgan fingerprint density at radius 3 is 2.67 bits per heavy atom. The zero-order valence-corrected chi connectivity index (χ0v) is 12.4. The van der Waals surface area contributed by atoms with Gasteiger partial charge < -0.3 is 15.2 Å². The van der Waals surface area contributed by atoms with Gasteiger partial charge in [0.2, 0.25) is 0 Å². The zero-order valence-electron chi connectivity index (χ0n) is 12.4. The fraction of sp³-hybridized carbons (Fsp3) is 1.00. The summed E-state index contributed by atoms with van der Waals surface area (Å²) in [6, 6.07) is 1.14. The number of aliphatic hydroxyl groups is 1. The highest BCUT2D eigenvalue weighted by molar-refractivity contribution is 4.92. The molecule has 0 spiro atoms. The van der Waals surface area contributed by atoms with E-state index >= 15 is 0 Å². The van der Waals surface area contributed by atoms with Gasteiger partial charge in [-0.2, -0.15) is 0 Å². The van der Waals surface area contributed by atoms with Crippen molar-refractivity contribution in [2.45, 2.75) is 46.2 Å². The number of hydrogen-bond acceptors (Lipinski definition) is 4. The third kappa shape index (κ3) is 4.50. The summed E-state index contributed by atoms with van der Waals surface area (Å²) in [6.07, 6.45) is 1.20. The quantitative estimate of drug-likeness (QED) is 0.671. The molecular formula is C14H30N2O2. The van der Waals surface area contributed by atoms with Gasteiger partial charge in [0.25, 0.3) is 0 Å². The molecule has 1 atom stereocenters. The van der Waals surface area contributed by atoms with Gasteiger partial charge >= 0.3 is 0 Å². The predicted molar refractivity (Wildman–Crippen MR) is 74.8 cm³/mol. The van der Waals surface area contributed by atoms with Crippen LogP contribution in [0.4, 0.5) is 0 Å². The summed E-state index contributed by atoms with van der Waals surface area (Å²) in [5.74, 6) is 0. The molecule has 1 unspecified atom stereocenters. The summed E-state index contributed by atoms with van der Waals surface area (Å²) < 4.78 is 5.42. The first-order valence-corrected chi connectivity index (χ1v) is 7.14. The van der Waals surface area contributed by atoms with Crippen LogP contribution in [0.1, 0.15) is 34.1 Å². The molecule has 1 rings (SSSR count). The van der Waals surface area contributed by atoms with Crippen LogP contribution >= 0.6 is 0 Å². The number of nitrogens with zero attached hydrogens (tertiary/aromatic N) is 1. The van der Waals surface area contributed by atoms with Crippen LogP contribution in [0.15, 0.2) is 0 Å². The van der Waals surface area contributed by atoms with Gasteiger partial charge in [0, 0.05) is 25.2 Å². The molecule has 1 saturated heterocycles. The number of nitrogens with one attached hydrogen (secondary N) is 1. The Kier molecular flexibility index (Phi) is 6.57. The van der Waals surface area contributed by atoms with Crippen LogP contribution in [0.25, 0.3) is 0 Å². The third-order valence-electron chi connectivity index (χ3n) is 3.87. The van der Waals surface area contributed by atoms with Crippen LogP contribution in [0.5, 0.6) is 0 Å². The van der Waals surface area contributed by atoms with Crippen molar-refractivity contribution < 1.29 is 9.84 Å². The largest absolute Gasteiger partial charge is 0.394 e. The molecule has 4 nitrogen and oxygen atoms in total. The molecule has 18 heavy (non-hydrogen) atoms. The lowest BCUT2D eigenvalue weighted by molar-refractivity contribution is 0.00595. The van der Waals surface area contributed by atoms with E-state index in [9.17, 15) is 0 Å². The van der Waals surface area contributed by atoms with Gasteiger partial charge in [0.15, 0.2) is 0 Å². The normalized spacial score (nSPS) is 23.8. The Morgan fingerprint density at radius 1 is 1.39 bits per heavy atom. The maximum absolute atomic E-state index is 8.73. The second-order valence-corrected chi connectivity index (χ2v) is 6.14. The molecule has 0 aliphatic carbocycles. The van der Waals surface area contributed by atoms with Crippen molar-refractivity contribution in [1.29, 1.82) is 0 Å². The van der Waals surface area contributed by atoms with Crippen LogP contribution in [0, 0.1) is 5.41 Å². The molecule has 108 valence electrons. The van der Waals surface area contributed by atoms with E-state index in [1.165, 1.54) is 6.42 Å². The average molecular weight is 258 g/mol. The van der Waals surface area contributed by atoms with E-state index in [1.807, 2.05) is 0 Å². The fourth-order valence-corrected chi connectivity index (χ4v) is 2.88. The van der Waals surface area contributed by atoms with Gasteiger partial charge in [-0.3, -0.25) is 4.90 Å². The first-order chi connectivity index (χ1) is 8.49. The highest BCUT2D eigenvalue weighted by Crippen LogP contribution is 2.30.